The molecule has 1 atom stereocenters. The summed E-state index contributed by atoms with van der Waals surface area (Å²) in [6.45, 7) is 1.81. The number of ether oxygens (including phenoxy) is 1. The van der Waals surface area contributed by atoms with Gasteiger partial charge in [0.2, 0.25) is 5.91 Å². The van der Waals surface area contributed by atoms with Crippen molar-refractivity contribution in [1.82, 2.24) is 0 Å². The Labute approximate surface area is 192 Å². The van der Waals surface area contributed by atoms with Gasteiger partial charge in [0.25, 0.3) is 5.91 Å². The molecule has 3 aromatic carbocycles. The van der Waals surface area contributed by atoms with Crippen LogP contribution in [0, 0.1) is 6.92 Å². The highest BCUT2D eigenvalue weighted by molar-refractivity contribution is 6.05. The standard InChI is InChI=1S/C26H26N2O5/c1-17-13-22(23(33-2)16-21(17)28-26(32)19-11-7-4-8-12-19)27-24(29)14-20(15-25(30)31)18-9-5-3-6-10-18/h3-13,16,20H,14-15H2,1-2H3,(H,27,29)(H,28,32)(H,30,31)/t20-/m1/s1. The number of rotatable bonds is 9. The van der Waals surface area contributed by atoms with Crippen LogP contribution in [0.2, 0.25) is 0 Å². The van der Waals surface area contributed by atoms with Crippen molar-refractivity contribution in [2.45, 2.75) is 25.7 Å². The minimum atomic E-state index is -0.969. The number of hydrogen-bond donors (Lipinski definition) is 3. The van der Waals surface area contributed by atoms with Gasteiger partial charge in [-0.3, -0.25) is 14.4 Å². The predicted molar refractivity (Wildman–Crippen MR) is 127 cm³/mol. The molecular weight excluding hydrogens is 420 g/mol. The van der Waals surface area contributed by atoms with Crippen molar-refractivity contribution < 1.29 is 24.2 Å². The van der Waals surface area contributed by atoms with Crippen LogP contribution in [0.5, 0.6) is 5.75 Å². The van der Waals surface area contributed by atoms with Crippen molar-refractivity contribution in [2.75, 3.05) is 17.7 Å². The molecule has 0 radical (unpaired) electrons. The lowest BCUT2D eigenvalue weighted by Crippen LogP contribution is -2.18. The van der Waals surface area contributed by atoms with Crippen molar-refractivity contribution in [2.24, 2.45) is 0 Å². The first kappa shape index (κ1) is 23.5. The minimum Gasteiger partial charge on any atom is -0.494 e. The summed E-state index contributed by atoms with van der Waals surface area (Å²) in [7, 11) is 1.47. The number of carboxylic acids is 1. The van der Waals surface area contributed by atoms with Gasteiger partial charge in [-0.2, -0.15) is 0 Å². The molecule has 0 aliphatic heterocycles. The highest BCUT2D eigenvalue weighted by Crippen LogP contribution is 2.32. The molecule has 0 heterocycles. The van der Waals surface area contributed by atoms with Crippen LogP contribution in [-0.2, 0) is 9.59 Å². The second-order valence-electron chi connectivity index (χ2n) is 7.65. The average Bonchev–Trinajstić information content (AvgIpc) is 2.81. The van der Waals surface area contributed by atoms with E-state index in [0.717, 1.165) is 11.1 Å². The van der Waals surface area contributed by atoms with E-state index >= 15 is 0 Å². The highest BCUT2D eigenvalue weighted by Gasteiger charge is 2.21. The summed E-state index contributed by atoms with van der Waals surface area (Å²) >= 11 is 0. The predicted octanol–water partition coefficient (Wildman–Crippen LogP) is 4.84. The number of carbonyl (C=O) groups is 3. The summed E-state index contributed by atoms with van der Waals surface area (Å²) in [6.07, 6.45) is -0.150. The molecule has 3 rings (SSSR count). The number of methoxy groups -OCH3 is 1. The molecule has 3 aromatic rings. The molecule has 0 aromatic heterocycles. The highest BCUT2D eigenvalue weighted by atomic mass is 16.5. The van der Waals surface area contributed by atoms with Crippen molar-refractivity contribution >= 4 is 29.2 Å². The van der Waals surface area contributed by atoms with Crippen LogP contribution in [0.25, 0.3) is 0 Å². The van der Waals surface area contributed by atoms with Gasteiger partial charge in [0.1, 0.15) is 5.75 Å². The van der Waals surface area contributed by atoms with E-state index in [2.05, 4.69) is 10.6 Å². The van der Waals surface area contributed by atoms with Gasteiger partial charge in [0, 0.05) is 29.7 Å². The molecule has 170 valence electrons. The van der Waals surface area contributed by atoms with Crippen molar-refractivity contribution in [3.63, 3.8) is 0 Å². The monoisotopic (exact) mass is 446 g/mol. The van der Waals surface area contributed by atoms with Gasteiger partial charge in [-0.25, -0.2) is 0 Å². The Hall–Kier alpha value is -4.13. The quantitative estimate of drug-likeness (QED) is 0.436. The average molecular weight is 447 g/mol. The van der Waals surface area contributed by atoms with Crippen LogP contribution >= 0.6 is 0 Å². The first-order valence-corrected chi connectivity index (χ1v) is 10.5. The van der Waals surface area contributed by atoms with E-state index in [1.165, 1.54) is 7.11 Å². The van der Waals surface area contributed by atoms with Crippen molar-refractivity contribution in [1.29, 1.82) is 0 Å². The maximum atomic E-state index is 12.8. The Morgan fingerprint density at radius 2 is 1.52 bits per heavy atom. The molecular formula is C26H26N2O5. The summed E-state index contributed by atoms with van der Waals surface area (Å²) in [5, 5.41) is 14.9. The Morgan fingerprint density at radius 3 is 2.12 bits per heavy atom. The number of benzene rings is 3. The van der Waals surface area contributed by atoms with Gasteiger partial charge in [-0.05, 0) is 36.2 Å². The molecule has 0 unspecified atom stereocenters. The molecule has 2 amide bonds. The van der Waals surface area contributed by atoms with E-state index in [4.69, 9.17) is 4.74 Å². The SMILES string of the molecule is COc1cc(NC(=O)c2ccccc2)c(C)cc1NC(=O)C[C@H](CC(=O)O)c1ccccc1. The van der Waals surface area contributed by atoms with E-state index in [9.17, 15) is 19.5 Å². The second-order valence-corrected chi connectivity index (χ2v) is 7.65. The lowest BCUT2D eigenvalue weighted by atomic mass is 9.92. The minimum absolute atomic E-state index is 0.00497. The number of nitrogens with one attached hydrogen (secondary N) is 2. The number of amides is 2. The first-order chi connectivity index (χ1) is 15.9. The van der Waals surface area contributed by atoms with Crippen LogP contribution in [0.1, 0.15) is 40.2 Å². The number of hydrogen-bond acceptors (Lipinski definition) is 4. The molecule has 0 aliphatic carbocycles. The fraction of sp³-hybridized carbons (Fsp3) is 0.192. The smallest absolute Gasteiger partial charge is 0.303 e. The topological polar surface area (TPSA) is 105 Å². The maximum Gasteiger partial charge on any atom is 0.303 e. The fourth-order valence-corrected chi connectivity index (χ4v) is 3.54. The number of carboxylic acid groups (broad SMARTS) is 1. The zero-order valence-corrected chi connectivity index (χ0v) is 18.5. The molecule has 0 fully saturated rings. The molecule has 0 saturated carbocycles. The lowest BCUT2D eigenvalue weighted by molar-refractivity contribution is -0.137. The fourth-order valence-electron chi connectivity index (χ4n) is 3.54. The Morgan fingerprint density at radius 1 is 0.879 bits per heavy atom. The molecule has 0 bridgehead atoms. The van der Waals surface area contributed by atoms with Crippen LogP contribution in [0.4, 0.5) is 11.4 Å². The van der Waals surface area contributed by atoms with Crippen LogP contribution in [0.3, 0.4) is 0 Å². The van der Waals surface area contributed by atoms with E-state index in [1.54, 1.807) is 36.4 Å². The van der Waals surface area contributed by atoms with Crippen molar-refractivity contribution in [3.8, 4) is 5.75 Å². The number of anilines is 2. The number of carbonyl (C=O) groups excluding carboxylic acids is 2. The van der Waals surface area contributed by atoms with E-state index < -0.39 is 11.9 Å². The van der Waals surface area contributed by atoms with Crippen LogP contribution in [-0.4, -0.2) is 30.0 Å². The molecule has 0 aliphatic rings. The molecule has 0 spiro atoms. The molecule has 7 heteroatoms. The first-order valence-electron chi connectivity index (χ1n) is 10.5. The molecule has 33 heavy (non-hydrogen) atoms. The third-order valence-corrected chi connectivity index (χ3v) is 5.23. The summed E-state index contributed by atoms with van der Waals surface area (Å²) in [4.78, 5) is 36.6. The summed E-state index contributed by atoms with van der Waals surface area (Å²) in [5.74, 6) is -1.63. The largest absolute Gasteiger partial charge is 0.494 e. The zero-order chi connectivity index (χ0) is 23.8. The van der Waals surface area contributed by atoms with Gasteiger partial charge in [-0.15, -0.1) is 0 Å². The van der Waals surface area contributed by atoms with E-state index in [1.807, 2.05) is 43.3 Å². The Balaban J connectivity index is 1.75. The number of aliphatic carboxylic acids is 1. The maximum absolute atomic E-state index is 12.8. The van der Waals surface area contributed by atoms with Crippen LogP contribution in [0.15, 0.2) is 72.8 Å². The van der Waals surface area contributed by atoms with Gasteiger partial charge in [-0.1, -0.05) is 48.5 Å². The molecule has 3 N–H and O–H groups in total. The third kappa shape index (κ3) is 6.43. The van der Waals surface area contributed by atoms with E-state index in [0.29, 0.717) is 22.7 Å². The van der Waals surface area contributed by atoms with Crippen molar-refractivity contribution in [3.05, 3.63) is 89.5 Å². The normalized spacial score (nSPS) is 11.3. The Kier molecular flexibility index (Phi) is 7.81. The van der Waals surface area contributed by atoms with Gasteiger partial charge >= 0.3 is 5.97 Å². The summed E-state index contributed by atoms with van der Waals surface area (Å²) in [5.41, 5.74) is 3.06. The lowest BCUT2D eigenvalue weighted by Gasteiger charge is -2.18. The Bertz CT molecular complexity index is 1130. The summed E-state index contributed by atoms with van der Waals surface area (Å²) in [6, 6.07) is 21.3. The molecule has 7 nitrogen and oxygen atoms in total. The zero-order valence-electron chi connectivity index (χ0n) is 18.5. The third-order valence-electron chi connectivity index (χ3n) is 5.23. The number of aryl methyl sites for hydroxylation is 1. The van der Waals surface area contributed by atoms with Gasteiger partial charge in [0.05, 0.1) is 19.2 Å². The molecule has 0 saturated heterocycles. The van der Waals surface area contributed by atoms with E-state index in [-0.39, 0.29) is 24.7 Å². The van der Waals surface area contributed by atoms with Crippen LogP contribution < -0.4 is 15.4 Å². The second kappa shape index (κ2) is 10.9. The van der Waals surface area contributed by atoms with Gasteiger partial charge < -0.3 is 20.5 Å². The van der Waals surface area contributed by atoms with Gasteiger partial charge in [0.15, 0.2) is 0 Å². The summed E-state index contributed by atoms with van der Waals surface area (Å²) < 4.78 is 5.42.